The monoisotopic (exact) mass is 486 g/mol. The Kier molecular flexibility index (Phi) is 6.14. The van der Waals surface area contributed by atoms with Crippen LogP contribution < -0.4 is 23.7 Å². The van der Waals surface area contributed by atoms with E-state index in [4.69, 9.17) is 23.7 Å². The topological polar surface area (TPSA) is 80.3 Å². The molecule has 1 atom stereocenters. The highest BCUT2D eigenvalue weighted by Crippen LogP contribution is 2.49. The van der Waals surface area contributed by atoms with E-state index in [-0.39, 0.29) is 36.0 Å². The summed E-state index contributed by atoms with van der Waals surface area (Å²) in [6, 6.07) is 16.2. The molecule has 0 radical (unpaired) electrons. The molecule has 0 saturated heterocycles. The predicted molar refractivity (Wildman–Crippen MR) is 133 cm³/mol. The van der Waals surface area contributed by atoms with Crippen molar-refractivity contribution < 1.29 is 33.3 Å². The first-order valence-electron chi connectivity index (χ1n) is 11.7. The van der Waals surface area contributed by atoms with Gasteiger partial charge in [-0.05, 0) is 67.4 Å². The first kappa shape index (κ1) is 23.5. The summed E-state index contributed by atoms with van der Waals surface area (Å²) in [5.41, 5.74) is 2.73. The van der Waals surface area contributed by atoms with Crippen LogP contribution in [0.2, 0.25) is 0 Å². The number of rotatable bonds is 6. The number of ketones is 1. The van der Waals surface area contributed by atoms with Crippen LogP contribution in [-0.2, 0) is 4.79 Å². The number of carbonyl (C=O) groups is 2. The predicted octanol–water partition coefficient (Wildman–Crippen LogP) is 5.55. The van der Waals surface area contributed by atoms with Gasteiger partial charge in [-0.25, -0.2) is 0 Å². The lowest BCUT2D eigenvalue weighted by molar-refractivity contribution is -0.135. The van der Waals surface area contributed by atoms with E-state index < -0.39 is 0 Å². The van der Waals surface area contributed by atoms with Gasteiger partial charge in [0.2, 0.25) is 5.78 Å². The fourth-order valence-corrected chi connectivity index (χ4v) is 4.49. The van der Waals surface area contributed by atoms with E-state index in [1.807, 2.05) is 56.3 Å². The Labute approximate surface area is 209 Å². The molecule has 7 heteroatoms. The van der Waals surface area contributed by atoms with Crippen molar-refractivity contribution in [2.75, 3.05) is 14.2 Å². The molecule has 184 valence electrons. The summed E-state index contributed by atoms with van der Waals surface area (Å²) >= 11 is 0. The van der Waals surface area contributed by atoms with Gasteiger partial charge in [-0.2, -0.15) is 0 Å². The van der Waals surface area contributed by atoms with Crippen LogP contribution in [0.5, 0.6) is 28.7 Å². The minimum absolute atomic E-state index is 0.0197. The van der Waals surface area contributed by atoms with Gasteiger partial charge in [0.15, 0.2) is 17.3 Å². The molecule has 5 rings (SSSR count). The zero-order valence-corrected chi connectivity index (χ0v) is 20.5. The number of allylic oxidation sites excluding steroid dienone is 1. The highest BCUT2D eigenvalue weighted by Gasteiger charge is 2.38. The average molecular weight is 487 g/mol. The third kappa shape index (κ3) is 4.28. The largest absolute Gasteiger partial charge is 0.497 e. The Morgan fingerprint density at radius 1 is 0.917 bits per heavy atom. The third-order valence-electron chi connectivity index (χ3n) is 6.15. The maximum absolute atomic E-state index is 13.2. The Balaban J connectivity index is 1.56. The molecule has 0 amide bonds. The number of esters is 1. The van der Waals surface area contributed by atoms with Gasteiger partial charge in [0, 0.05) is 11.5 Å². The number of hydrogen-bond donors (Lipinski definition) is 0. The van der Waals surface area contributed by atoms with Crippen molar-refractivity contribution in [2.45, 2.75) is 32.3 Å². The molecule has 0 spiro atoms. The molecule has 0 fully saturated rings. The SMILES string of the molecule is COc1ccc(/C=C2\Oc3c(ccc4c3[C@H](c3ccc(OC(C)C)c(OC)c3)CC(=O)O4)C2=O)cc1. The summed E-state index contributed by atoms with van der Waals surface area (Å²) in [5, 5.41) is 0. The Morgan fingerprint density at radius 3 is 2.39 bits per heavy atom. The van der Waals surface area contributed by atoms with Crippen molar-refractivity contribution in [3.05, 3.63) is 82.6 Å². The quantitative estimate of drug-likeness (QED) is 0.257. The molecular formula is C29H26O7. The molecule has 3 aromatic carbocycles. The van der Waals surface area contributed by atoms with Crippen molar-refractivity contribution in [3.63, 3.8) is 0 Å². The number of ether oxygens (including phenoxy) is 5. The highest BCUT2D eigenvalue weighted by molar-refractivity contribution is 6.15. The maximum atomic E-state index is 13.2. The van der Waals surface area contributed by atoms with Crippen molar-refractivity contribution in [2.24, 2.45) is 0 Å². The van der Waals surface area contributed by atoms with Gasteiger partial charge in [-0.1, -0.05) is 18.2 Å². The summed E-state index contributed by atoms with van der Waals surface area (Å²) in [6.07, 6.45) is 1.78. The zero-order valence-electron chi connectivity index (χ0n) is 20.5. The number of benzene rings is 3. The number of fused-ring (bicyclic) bond motifs is 3. The summed E-state index contributed by atoms with van der Waals surface area (Å²) < 4.78 is 28.3. The van der Waals surface area contributed by atoms with Gasteiger partial charge in [-0.15, -0.1) is 0 Å². The van der Waals surface area contributed by atoms with E-state index in [1.54, 1.807) is 32.4 Å². The van der Waals surface area contributed by atoms with E-state index in [2.05, 4.69) is 0 Å². The second kappa shape index (κ2) is 9.41. The Hall–Kier alpha value is -4.26. The minimum atomic E-state index is -0.383. The van der Waals surface area contributed by atoms with Crippen LogP contribution in [0.25, 0.3) is 6.08 Å². The van der Waals surface area contributed by atoms with E-state index in [0.29, 0.717) is 34.1 Å². The van der Waals surface area contributed by atoms with Crippen LogP contribution in [0, 0.1) is 0 Å². The highest BCUT2D eigenvalue weighted by atomic mass is 16.5. The van der Waals surface area contributed by atoms with E-state index in [1.165, 1.54) is 0 Å². The average Bonchev–Trinajstić information content (AvgIpc) is 3.18. The molecule has 2 heterocycles. The van der Waals surface area contributed by atoms with Crippen LogP contribution in [0.4, 0.5) is 0 Å². The standard InChI is InChI=1S/C29H26O7/c1-16(2)34-22-11-7-18(14-24(22)33-4)21-15-26(30)35-23-12-10-20-28(31)25(36-29(20)27(21)23)13-17-5-8-19(32-3)9-6-17/h5-14,16,21H,15H2,1-4H3/b25-13-/t21-/m0/s1. The van der Waals surface area contributed by atoms with Crippen LogP contribution in [0.3, 0.4) is 0 Å². The van der Waals surface area contributed by atoms with Crippen molar-refractivity contribution in [1.82, 2.24) is 0 Å². The van der Waals surface area contributed by atoms with Crippen LogP contribution in [0.1, 0.15) is 53.2 Å². The van der Waals surface area contributed by atoms with E-state index in [0.717, 1.165) is 16.9 Å². The van der Waals surface area contributed by atoms with Gasteiger partial charge < -0.3 is 23.7 Å². The van der Waals surface area contributed by atoms with Gasteiger partial charge in [0.1, 0.15) is 17.2 Å². The minimum Gasteiger partial charge on any atom is -0.497 e. The second-order valence-electron chi connectivity index (χ2n) is 8.87. The summed E-state index contributed by atoms with van der Waals surface area (Å²) in [7, 11) is 3.17. The summed E-state index contributed by atoms with van der Waals surface area (Å²) in [6.45, 7) is 3.88. The molecule has 2 aliphatic heterocycles. The van der Waals surface area contributed by atoms with Crippen molar-refractivity contribution >= 4 is 17.8 Å². The van der Waals surface area contributed by atoms with Crippen LogP contribution in [0.15, 0.2) is 60.4 Å². The first-order chi connectivity index (χ1) is 17.4. The lowest BCUT2D eigenvalue weighted by Gasteiger charge is -2.27. The van der Waals surface area contributed by atoms with Crippen LogP contribution >= 0.6 is 0 Å². The summed E-state index contributed by atoms with van der Waals surface area (Å²) in [5.74, 6) is 1.94. The van der Waals surface area contributed by atoms with Gasteiger partial charge in [-0.3, -0.25) is 9.59 Å². The van der Waals surface area contributed by atoms with Crippen molar-refractivity contribution in [1.29, 1.82) is 0 Å². The third-order valence-corrected chi connectivity index (χ3v) is 6.15. The number of hydrogen-bond acceptors (Lipinski definition) is 7. The smallest absolute Gasteiger partial charge is 0.312 e. The maximum Gasteiger partial charge on any atom is 0.312 e. The van der Waals surface area contributed by atoms with Gasteiger partial charge in [0.25, 0.3) is 0 Å². The van der Waals surface area contributed by atoms with E-state index >= 15 is 0 Å². The lowest BCUT2D eigenvalue weighted by Crippen LogP contribution is -2.21. The Morgan fingerprint density at radius 2 is 1.69 bits per heavy atom. The van der Waals surface area contributed by atoms with Gasteiger partial charge in [0.05, 0.1) is 32.3 Å². The first-order valence-corrected chi connectivity index (χ1v) is 11.7. The number of carbonyl (C=O) groups excluding carboxylic acids is 2. The molecule has 0 saturated carbocycles. The Bertz CT molecular complexity index is 1370. The number of methoxy groups -OCH3 is 2. The second-order valence-corrected chi connectivity index (χ2v) is 8.87. The molecule has 3 aromatic rings. The molecule has 7 nitrogen and oxygen atoms in total. The van der Waals surface area contributed by atoms with E-state index in [9.17, 15) is 9.59 Å². The molecule has 2 aliphatic rings. The zero-order chi connectivity index (χ0) is 25.4. The molecule has 0 aromatic heterocycles. The molecule has 0 bridgehead atoms. The summed E-state index contributed by atoms with van der Waals surface area (Å²) in [4.78, 5) is 25.7. The molecule has 0 N–H and O–H groups in total. The fraction of sp³-hybridized carbons (Fsp3) is 0.241. The lowest BCUT2D eigenvalue weighted by atomic mass is 9.84. The van der Waals surface area contributed by atoms with Gasteiger partial charge >= 0.3 is 5.97 Å². The normalized spacial score (nSPS) is 17.4. The fourth-order valence-electron chi connectivity index (χ4n) is 4.49. The van der Waals surface area contributed by atoms with Crippen LogP contribution in [-0.4, -0.2) is 32.1 Å². The van der Waals surface area contributed by atoms with Crippen molar-refractivity contribution in [3.8, 4) is 28.7 Å². The molecule has 0 unspecified atom stereocenters. The molecule has 0 aliphatic carbocycles. The number of Topliss-reactive ketones (excluding diaryl/α,β-unsaturated/α-hetero) is 1. The molecule has 36 heavy (non-hydrogen) atoms. The molecular weight excluding hydrogens is 460 g/mol.